The van der Waals surface area contributed by atoms with Crippen LogP contribution < -0.4 is 10.1 Å². The van der Waals surface area contributed by atoms with Gasteiger partial charge in [-0.25, -0.2) is 0 Å². The topological polar surface area (TPSA) is 64.6 Å². The highest BCUT2D eigenvalue weighted by molar-refractivity contribution is 8.00. The van der Waals surface area contributed by atoms with Crippen molar-refractivity contribution in [3.05, 3.63) is 53.6 Å². The van der Waals surface area contributed by atoms with Crippen LogP contribution in [0.3, 0.4) is 0 Å². The Morgan fingerprint density at radius 1 is 1.15 bits per heavy atom. The predicted octanol–water partition coefficient (Wildman–Crippen LogP) is 3.97. The fourth-order valence-electron chi connectivity index (χ4n) is 2.27. The van der Waals surface area contributed by atoms with Crippen molar-refractivity contribution in [2.24, 2.45) is 0 Å². The van der Waals surface area contributed by atoms with Gasteiger partial charge in [0.1, 0.15) is 5.75 Å². The van der Waals surface area contributed by atoms with Crippen molar-refractivity contribution < 1.29 is 19.1 Å². The van der Waals surface area contributed by atoms with Crippen LogP contribution in [0, 0.1) is 13.8 Å². The maximum absolute atomic E-state index is 12.2. The van der Waals surface area contributed by atoms with Gasteiger partial charge in [-0.1, -0.05) is 29.8 Å². The molecule has 6 heteroatoms. The van der Waals surface area contributed by atoms with Crippen LogP contribution >= 0.6 is 11.8 Å². The summed E-state index contributed by atoms with van der Waals surface area (Å²) in [6.07, 6.45) is -0.897. The standard InChI is InChI=1S/C20H23NO4S/c1-13-9-10-14(2)18(11-13)26-12-19(22)25-15(3)20(23)21-16-7-5-6-8-17(16)24-4/h5-11,15H,12H2,1-4H3,(H,21,23)/t15-/m0/s1. The summed E-state index contributed by atoms with van der Waals surface area (Å²) in [6.45, 7) is 5.55. The highest BCUT2D eigenvalue weighted by Crippen LogP contribution is 2.25. The first-order valence-corrected chi connectivity index (χ1v) is 9.22. The van der Waals surface area contributed by atoms with Crippen LogP contribution in [0.4, 0.5) is 5.69 Å². The Labute approximate surface area is 158 Å². The van der Waals surface area contributed by atoms with E-state index < -0.39 is 18.0 Å². The summed E-state index contributed by atoms with van der Waals surface area (Å²) in [5, 5.41) is 2.71. The van der Waals surface area contributed by atoms with Crippen molar-refractivity contribution in [2.75, 3.05) is 18.2 Å². The number of amides is 1. The number of anilines is 1. The summed E-state index contributed by atoms with van der Waals surface area (Å²) in [4.78, 5) is 25.3. The number of carbonyl (C=O) groups is 2. The zero-order chi connectivity index (χ0) is 19.1. The lowest BCUT2D eigenvalue weighted by Crippen LogP contribution is -2.30. The molecule has 0 saturated heterocycles. The molecule has 2 aromatic rings. The number of benzene rings is 2. The normalized spacial score (nSPS) is 11.5. The number of carbonyl (C=O) groups excluding carboxylic acids is 2. The summed E-state index contributed by atoms with van der Waals surface area (Å²) >= 11 is 1.41. The lowest BCUT2D eigenvalue weighted by molar-refractivity contribution is -0.150. The summed E-state index contributed by atoms with van der Waals surface area (Å²) in [7, 11) is 1.53. The summed E-state index contributed by atoms with van der Waals surface area (Å²) < 4.78 is 10.4. The number of aryl methyl sites for hydroxylation is 2. The Balaban J connectivity index is 1.88. The van der Waals surface area contributed by atoms with Crippen LogP contribution in [0.25, 0.3) is 0 Å². The molecule has 0 aliphatic carbocycles. The van der Waals surface area contributed by atoms with E-state index in [4.69, 9.17) is 9.47 Å². The van der Waals surface area contributed by atoms with Crippen molar-refractivity contribution >= 4 is 29.3 Å². The van der Waals surface area contributed by atoms with Crippen LogP contribution in [-0.4, -0.2) is 30.8 Å². The van der Waals surface area contributed by atoms with Crippen molar-refractivity contribution in [3.8, 4) is 5.75 Å². The molecule has 0 bridgehead atoms. The largest absolute Gasteiger partial charge is 0.495 e. The van der Waals surface area contributed by atoms with Crippen LogP contribution in [0.1, 0.15) is 18.1 Å². The molecular formula is C20H23NO4S. The molecule has 0 saturated carbocycles. The predicted molar refractivity (Wildman–Crippen MR) is 104 cm³/mol. The number of nitrogens with one attached hydrogen (secondary N) is 1. The van der Waals surface area contributed by atoms with Gasteiger partial charge in [0.25, 0.3) is 5.91 Å². The minimum absolute atomic E-state index is 0.149. The maximum Gasteiger partial charge on any atom is 0.317 e. The molecule has 2 rings (SSSR count). The molecule has 0 spiro atoms. The molecule has 0 radical (unpaired) electrons. The van der Waals surface area contributed by atoms with Gasteiger partial charge in [-0.05, 0) is 44.5 Å². The molecule has 0 unspecified atom stereocenters. The van der Waals surface area contributed by atoms with E-state index in [9.17, 15) is 9.59 Å². The molecule has 0 aliphatic heterocycles. The molecule has 0 heterocycles. The number of rotatable bonds is 7. The van der Waals surface area contributed by atoms with Gasteiger partial charge in [0, 0.05) is 4.90 Å². The Kier molecular flexibility index (Phi) is 7.09. The third kappa shape index (κ3) is 5.52. The fraction of sp³-hybridized carbons (Fsp3) is 0.300. The Morgan fingerprint density at radius 3 is 2.62 bits per heavy atom. The first-order valence-electron chi connectivity index (χ1n) is 8.24. The highest BCUT2D eigenvalue weighted by atomic mass is 32.2. The van der Waals surface area contributed by atoms with Crippen molar-refractivity contribution in [1.29, 1.82) is 0 Å². The zero-order valence-electron chi connectivity index (χ0n) is 15.4. The summed E-state index contributed by atoms with van der Waals surface area (Å²) in [6, 6.07) is 13.1. The monoisotopic (exact) mass is 373 g/mol. The van der Waals surface area contributed by atoms with Crippen molar-refractivity contribution in [2.45, 2.75) is 31.8 Å². The Hall–Kier alpha value is -2.47. The van der Waals surface area contributed by atoms with E-state index in [1.807, 2.05) is 38.1 Å². The van der Waals surface area contributed by atoms with E-state index in [0.29, 0.717) is 11.4 Å². The smallest absolute Gasteiger partial charge is 0.317 e. The molecule has 138 valence electrons. The first-order chi connectivity index (χ1) is 12.4. The summed E-state index contributed by atoms with van der Waals surface area (Å²) in [5.41, 5.74) is 2.78. The van der Waals surface area contributed by atoms with Gasteiger partial charge < -0.3 is 14.8 Å². The van der Waals surface area contributed by atoms with E-state index in [1.54, 1.807) is 25.1 Å². The van der Waals surface area contributed by atoms with Gasteiger partial charge >= 0.3 is 5.97 Å². The highest BCUT2D eigenvalue weighted by Gasteiger charge is 2.19. The number of methoxy groups -OCH3 is 1. The zero-order valence-corrected chi connectivity index (χ0v) is 16.2. The minimum atomic E-state index is -0.897. The van der Waals surface area contributed by atoms with Gasteiger partial charge in [0.2, 0.25) is 0 Å². The molecule has 0 aromatic heterocycles. The lowest BCUT2D eigenvalue weighted by Gasteiger charge is -2.15. The maximum atomic E-state index is 12.2. The third-order valence-electron chi connectivity index (χ3n) is 3.73. The third-order valence-corrected chi connectivity index (χ3v) is 4.86. The van der Waals surface area contributed by atoms with Crippen LogP contribution in [-0.2, 0) is 14.3 Å². The van der Waals surface area contributed by atoms with Crippen LogP contribution in [0.5, 0.6) is 5.75 Å². The molecule has 26 heavy (non-hydrogen) atoms. The van der Waals surface area contributed by atoms with Crippen LogP contribution in [0.15, 0.2) is 47.4 Å². The second kappa shape index (κ2) is 9.29. The van der Waals surface area contributed by atoms with E-state index >= 15 is 0 Å². The fourth-order valence-corrected chi connectivity index (χ4v) is 3.17. The molecule has 0 fully saturated rings. The summed E-state index contributed by atoms with van der Waals surface area (Å²) in [5.74, 6) is -0.139. The minimum Gasteiger partial charge on any atom is -0.495 e. The number of hydrogen-bond acceptors (Lipinski definition) is 5. The second-order valence-corrected chi connectivity index (χ2v) is 6.90. The number of thioether (sulfide) groups is 1. The number of esters is 1. The second-order valence-electron chi connectivity index (χ2n) is 5.88. The molecule has 1 amide bonds. The molecular weight excluding hydrogens is 350 g/mol. The van der Waals surface area contributed by atoms with E-state index in [1.165, 1.54) is 18.9 Å². The van der Waals surface area contributed by atoms with Crippen LogP contribution in [0.2, 0.25) is 0 Å². The molecule has 1 N–H and O–H groups in total. The van der Waals surface area contributed by atoms with Gasteiger partial charge in [-0.2, -0.15) is 0 Å². The average molecular weight is 373 g/mol. The number of hydrogen-bond donors (Lipinski definition) is 1. The lowest BCUT2D eigenvalue weighted by atomic mass is 10.2. The Bertz CT molecular complexity index is 791. The number of para-hydroxylation sites is 2. The molecule has 1 atom stereocenters. The van der Waals surface area contributed by atoms with Gasteiger partial charge in [-0.3, -0.25) is 9.59 Å². The van der Waals surface area contributed by atoms with E-state index in [-0.39, 0.29) is 5.75 Å². The van der Waals surface area contributed by atoms with Crippen molar-refractivity contribution in [3.63, 3.8) is 0 Å². The average Bonchev–Trinajstić information content (AvgIpc) is 2.62. The van der Waals surface area contributed by atoms with Gasteiger partial charge in [0.15, 0.2) is 6.10 Å². The van der Waals surface area contributed by atoms with Gasteiger partial charge in [0.05, 0.1) is 18.6 Å². The SMILES string of the molecule is COc1ccccc1NC(=O)[C@H](C)OC(=O)CSc1cc(C)ccc1C. The number of ether oxygens (including phenoxy) is 2. The Morgan fingerprint density at radius 2 is 1.88 bits per heavy atom. The molecule has 5 nitrogen and oxygen atoms in total. The van der Waals surface area contributed by atoms with E-state index in [0.717, 1.165) is 16.0 Å². The van der Waals surface area contributed by atoms with Gasteiger partial charge in [-0.15, -0.1) is 11.8 Å². The van der Waals surface area contributed by atoms with E-state index in [2.05, 4.69) is 5.32 Å². The molecule has 0 aliphatic rings. The first kappa shape index (κ1) is 19.8. The van der Waals surface area contributed by atoms with Crippen molar-refractivity contribution in [1.82, 2.24) is 0 Å². The quantitative estimate of drug-likeness (QED) is 0.588. The molecule has 2 aromatic carbocycles.